The highest BCUT2D eigenvalue weighted by Crippen LogP contribution is 2.24. The highest BCUT2D eigenvalue weighted by atomic mass is 16.5. The number of rotatable bonds is 8. The molecule has 1 radical (unpaired) electrons. The number of nitrogens with zero attached hydrogens (tertiary/aromatic N) is 1. The van der Waals surface area contributed by atoms with E-state index in [1.807, 2.05) is 44.6 Å². The zero-order valence-electron chi connectivity index (χ0n) is 12.9. The minimum atomic E-state index is 0.508. The topological polar surface area (TPSA) is 38.8 Å². The van der Waals surface area contributed by atoms with Crippen molar-refractivity contribution in [3.63, 3.8) is 0 Å². The molecule has 0 fully saturated rings. The molecule has 0 spiro atoms. The highest BCUT2D eigenvalue weighted by molar-refractivity contribution is 5.75. The molecule has 0 aromatic heterocycles. The molecule has 0 unspecified atom stereocenters. The van der Waals surface area contributed by atoms with Crippen molar-refractivity contribution in [2.75, 3.05) is 27.2 Å². The molecule has 0 atom stereocenters. The van der Waals surface area contributed by atoms with E-state index in [-0.39, 0.29) is 0 Å². The van der Waals surface area contributed by atoms with Gasteiger partial charge < -0.3 is 14.4 Å². The Hall–Kier alpha value is -2.33. The minimum absolute atomic E-state index is 0.508. The van der Waals surface area contributed by atoms with E-state index in [9.17, 15) is 4.79 Å². The first-order valence-corrected chi connectivity index (χ1v) is 7.21. The molecule has 0 N–H and O–H groups in total. The molecule has 115 valence electrons. The summed E-state index contributed by atoms with van der Waals surface area (Å²) in [5.41, 5.74) is 0.508. The Balaban J connectivity index is 1.84. The Morgan fingerprint density at radius 3 is 2.00 bits per heavy atom. The summed E-state index contributed by atoms with van der Waals surface area (Å²) in [4.78, 5) is 12.6. The summed E-state index contributed by atoms with van der Waals surface area (Å²) in [6.45, 7) is 1.71. The van der Waals surface area contributed by atoms with Crippen LogP contribution in [-0.2, 0) is 4.79 Å². The molecule has 0 aliphatic rings. The zero-order chi connectivity index (χ0) is 15.8. The van der Waals surface area contributed by atoms with Gasteiger partial charge in [0.05, 0.1) is 6.61 Å². The molecule has 0 aliphatic carbocycles. The number of ether oxygens (including phenoxy) is 2. The second kappa shape index (κ2) is 8.20. The SMILES string of the molecule is CN(C)CCCOc1ccc(Oc2ccc([C]=O)cc2)cc1. The molecule has 0 heterocycles. The normalized spacial score (nSPS) is 10.5. The third-order valence-corrected chi connectivity index (χ3v) is 3.05. The van der Waals surface area contributed by atoms with E-state index in [0.29, 0.717) is 17.9 Å². The van der Waals surface area contributed by atoms with Gasteiger partial charge >= 0.3 is 0 Å². The van der Waals surface area contributed by atoms with Crippen LogP contribution in [-0.4, -0.2) is 38.4 Å². The predicted octanol–water partition coefficient (Wildman–Crippen LogP) is 3.27. The van der Waals surface area contributed by atoms with Crippen molar-refractivity contribution in [1.29, 1.82) is 0 Å². The van der Waals surface area contributed by atoms with Crippen LogP contribution in [0.1, 0.15) is 12.0 Å². The van der Waals surface area contributed by atoms with E-state index < -0.39 is 0 Å². The fourth-order valence-corrected chi connectivity index (χ4v) is 1.90. The van der Waals surface area contributed by atoms with Gasteiger partial charge in [-0.1, -0.05) is 0 Å². The van der Waals surface area contributed by atoms with Crippen molar-refractivity contribution in [2.24, 2.45) is 0 Å². The summed E-state index contributed by atoms with van der Waals surface area (Å²) < 4.78 is 11.4. The standard InChI is InChI=1S/C18H20NO3/c1-19(2)12-3-13-21-16-8-10-18(11-9-16)22-17-6-4-15(14-20)5-7-17/h4-11H,3,12-13H2,1-2H3. The first kappa shape index (κ1) is 16.0. The van der Waals surface area contributed by atoms with Crippen LogP contribution >= 0.6 is 0 Å². The largest absolute Gasteiger partial charge is 0.494 e. The van der Waals surface area contributed by atoms with Gasteiger partial charge in [-0.2, -0.15) is 0 Å². The summed E-state index contributed by atoms with van der Waals surface area (Å²) in [5.74, 6) is 2.24. The van der Waals surface area contributed by atoms with Gasteiger partial charge in [0, 0.05) is 12.1 Å². The zero-order valence-corrected chi connectivity index (χ0v) is 12.9. The molecule has 0 saturated heterocycles. The fraction of sp³-hybridized carbons (Fsp3) is 0.278. The molecule has 0 saturated carbocycles. The minimum Gasteiger partial charge on any atom is -0.494 e. The lowest BCUT2D eigenvalue weighted by atomic mass is 10.2. The van der Waals surface area contributed by atoms with E-state index in [2.05, 4.69) is 4.90 Å². The van der Waals surface area contributed by atoms with E-state index in [1.54, 1.807) is 24.3 Å². The Bertz CT molecular complexity index is 576. The van der Waals surface area contributed by atoms with Crippen LogP contribution in [0.3, 0.4) is 0 Å². The lowest BCUT2D eigenvalue weighted by Gasteiger charge is -2.11. The van der Waals surface area contributed by atoms with Crippen LogP contribution in [0, 0.1) is 0 Å². The monoisotopic (exact) mass is 298 g/mol. The van der Waals surface area contributed by atoms with Crippen LogP contribution in [0.2, 0.25) is 0 Å². The Kier molecular flexibility index (Phi) is 5.98. The van der Waals surface area contributed by atoms with Crippen LogP contribution in [0.15, 0.2) is 48.5 Å². The highest BCUT2D eigenvalue weighted by Gasteiger charge is 2.00. The van der Waals surface area contributed by atoms with Crippen molar-refractivity contribution in [3.8, 4) is 17.2 Å². The molecule has 0 amide bonds. The summed E-state index contributed by atoms with van der Waals surface area (Å²) in [6, 6.07) is 14.3. The maximum atomic E-state index is 10.5. The van der Waals surface area contributed by atoms with Gasteiger partial charge in [0.2, 0.25) is 6.29 Å². The smallest absolute Gasteiger partial charge is 0.233 e. The number of hydrogen-bond acceptors (Lipinski definition) is 4. The van der Waals surface area contributed by atoms with Gasteiger partial charge in [-0.25, -0.2) is 0 Å². The third-order valence-electron chi connectivity index (χ3n) is 3.05. The lowest BCUT2D eigenvalue weighted by molar-refractivity contribution is 0.281. The summed E-state index contributed by atoms with van der Waals surface area (Å²) in [7, 11) is 4.09. The maximum Gasteiger partial charge on any atom is 0.233 e. The van der Waals surface area contributed by atoms with E-state index >= 15 is 0 Å². The van der Waals surface area contributed by atoms with Crippen LogP contribution in [0.5, 0.6) is 17.2 Å². The van der Waals surface area contributed by atoms with Gasteiger partial charge in [-0.15, -0.1) is 0 Å². The van der Waals surface area contributed by atoms with E-state index in [4.69, 9.17) is 9.47 Å². The van der Waals surface area contributed by atoms with Crippen molar-refractivity contribution >= 4 is 6.29 Å². The molecule has 0 aliphatic heterocycles. The molecule has 22 heavy (non-hydrogen) atoms. The number of benzene rings is 2. The Labute approximate surface area is 131 Å². The predicted molar refractivity (Wildman–Crippen MR) is 86.4 cm³/mol. The van der Waals surface area contributed by atoms with Gasteiger partial charge in [0.1, 0.15) is 17.2 Å². The Morgan fingerprint density at radius 1 is 0.909 bits per heavy atom. The van der Waals surface area contributed by atoms with Crippen molar-refractivity contribution in [2.45, 2.75) is 6.42 Å². The molecule has 0 bridgehead atoms. The molecule has 2 aromatic carbocycles. The van der Waals surface area contributed by atoms with Crippen LogP contribution in [0.4, 0.5) is 0 Å². The van der Waals surface area contributed by atoms with E-state index in [0.717, 1.165) is 24.5 Å². The van der Waals surface area contributed by atoms with E-state index in [1.165, 1.54) is 0 Å². The molecule has 4 heteroatoms. The quantitative estimate of drug-likeness (QED) is 0.701. The van der Waals surface area contributed by atoms with Gasteiger partial charge in [0.25, 0.3) is 0 Å². The van der Waals surface area contributed by atoms with Gasteiger partial charge in [-0.3, -0.25) is 4.79 Å². The average Bonchev–Trinajstić information content (AvgIpc) is 2.54. The molecular weight excluding hydrogens is 278 g/mol. The first-order valence-electron chi connectivity index (χ1n) is 7.21. The summed E-state index contributed by atoms with van der Waals surface area (Å²) in [5, 5.41) is 0. The van der Waals surface area contributed by atoms with Crippen molar-refractivity contribution < 1.29 is 14.3 Å². The van der Waals surface area contributed by atoms with Crippen LogP contribution < -0.4 is 9.47 Å². The lowest BCUT2D eigenvalue weighted by Crippen LogP contribution is -2.15. The average molecular weight is 298 g/mol. The fourth-order valence-electron chi connectivity index (χ4n) is 1.90. The van der Waals surface area contributed by atoms with Gasteiger partial charge in [-0.05, 0) is 69.0 Å². The molecule has 2 aromatic rings. The van der Waals surface area contributed by atoms with Crippen LogP contribution in [0.25, 0.3) is 0 Å². The number of hydrogen-bond donors (Lipinski definition) is 0. The molecular formula is C18H20NO3. The summed E-state index contributed by atoms with van der Waals surface area (Å²) >= 11 is 0. The first-order chi connectivity index (χ1) is 10.7. The third kappa shape index (κ3) is 5.22. The summed E-state index contributed by atoms with van der Waals surface area (Å²) in [6.07, 6.45) is 2.82. The second-order valence-corrected chi connectivity index (χ2v) is 5.21. The second-order valence-electron chi connectivity index (χ2n) is 5.21. The van der Waals surface area contributed by atoms with Gasteiger partial charge in [0.15, 0.2) is 0 Å². The number of carbonyl (C=O) groups excluding carboxylic acids is 1. The molecule has 2 rings (SSSR count). The maximum absolute atomic E-state index is 10.5. The Morgan fingerprint density at radius 2 is 1.45 bits per heavy atom. The molecule has 4 nitrogen and oxygen atoms in total. The van der Waals surface area contributed by atoms with Crippen molar-refractivity contribution in [1.82, 2.24) is 4.90 Å². The van der Waals surface area contributed by atoms with Crippen molar-refractivity contribution in [3.05, 3.63) is 54.1 Å².